The summed E-state index contributed by atoms with van der Waals surface area (Å²) < 4.78 is 0. The van der Waals surface area contributed by atoms with Crippen LogP contribution in [0.3, 0.4) is 0 Å². The zero-order valence-electron chi connectivity index (χ0n) is 8.62. The molecule has 1 aromatic rings. The molecule has 1 aliphatic heterocycles. The van der Waals surface area contributed by atoms with E-state index in [4.69, 9.17) is 17.3 Å². The maximum atomic E-state index is 6.16. The Bertz CT molecular complexity index is 393. The van der Waals surface area contributed by atoms with E-state index in [1.807, 2.05) is 18.2 Å². The molecule has 0 amide bonds. The molecule has 0 spiro atoms. The van der Waals surface area contributed by atoms with Gasteiger partial charge in [-0.05, 0) is 30.0 Å². The number of likely N-dealkylation sites (tertiary alicyclic amines) is 1. The van der Waals surface area contributed by atoms with Crippen LogP contribution in [-0.2, 0) is 6.54 Å². The Morgan fingerprint density at radius 2 is 2.40 bits per heavy atom. The maximum absolute atomic E-state index is 6.16. The Hall–Kier alpha value is -0.570. The fraction of sp³-hybridized carbons (Fsp3) is 0.500. The van der Waals surface area contributed by atoms with Gasteiger partial charge in [-0.2, -0.15) is 0 Å². The molecule has 0 unspecified atom stereocenters. The maximum Gasteiger partial charge on any atom is 0.0409 e. The predicted octanol–water partition coefficient (Wildman–Crippen LogP) is 1.87. The Morgan fingerprint density at radius 3 is 3.07 bits per heavy atom. The average molecular weight is 223 g/mol. The van der Waals surface area contributed by atoms with Crippen LogP contribution in [-0.4, -0.2) is 23.5 Å². The van der Waals surface area contributed by atoms with E-state index >= 15 is 0 Å². The molecule has 1 saturated heterocycles. The normalized spacial score (nSPS) is 34.1. The molecule has 1 saturated carbocycles. The molecule has 3 rings (SSSR count). The zero-order chi connectivity index (χ0) is 10.5. The highest BCUT2D eigenvalue weighted by molar-refractivity contribution is 6.30. The van der Waals surface area contributed by atoms with E-state index < -0.39 is 0 Å². The average Bonchev–Trinajstić information content (AvgIpc) is 2.65. The molecule has 2 N–H and O–H groups in total. The fourth-order valence-corrected chi connectivity index (χ4v) is 2.86. The van der Waals surface area contributed by atoms with Crippen LogP contribution in [0.1, 0.15) is 12.0 Å². The summed E-state index contributed by atoms with van der Waals surface area (Å²) in [6.07, 6.45) is 1.22. The summed E-state index contributed by atoms with van der Waals surface area (Å²) in [5.41, 5.74) is 7.59. The van der Waals surface area contributed by atoms with E-state index in [0.717, 1.165) is 30.6 Å². The largest absolute Gasteiger partial charge is 0.324 e. The Morgan fingerprint density at radius 1 is 1.53 bits per heavy atom. The van der Waals surface area contributed by atoms with Crippen molar-refractivity contribution in [2.45, 2.75) is 18.5 Å². The van der Waals surface area contributed by atoms with Crippen molar-refractivity contribution in [1.82, 2.24) is 4.90 Å². The van der Waals surface area contributed by atoms with E-state index in [0.29, 0.717) is 0 Å². The first kappa shape index (κ1) is 9.64. The summed E-state index contributed by atoms with van der Waals surface area (Å²) in [5.74, 6) is 0.747. The van der Waals surface area contributed by atoms with Crippen LogP contribution >= 0.6 is 11.6 Å². The lowest BCUT2D eigenvalue weighted by Crippen LogP contribution is -2.32. The topological polar surface area (TPSA) is 29.3 Å². The SMILES string of the molecule is N[C@@]12C[C@H]1CN(Cc1cccc(Cl)c1)C2. The van der Waals surface area contributed by atoms with Crippen molar-refractivity contribution in [3.05, 3.63) is 34.9 Å². The molecular weight excluding hydrogens is 208 g/mol. The van der Waals surface area contributed by atoms with Gasteiger partial charge in [-0.25, -0.2) is 0 Å². The van der Waals surface area contributed by atoms with Crippen molar-refractivity contribution < 1.29 is 0 Å². The second kappa shape index (κ2) is 3.21. The van der Waals surface area contributed by atoms with Crippen LogP contribution in [0.2, 0.25) is 5.02 Å². The first-order valence-corrected chi connectivity index (χ1v) is 5.79. The Balaban J connectivity index is 1.67. The Labute approximate surface area is 95.0 Å². The van der Waals surface area contributed by atoms with E-state index in [9.17, 15) is 0 Å². The molecule has 2 fully saturated rings. The van der Waals surface area contributed by atoms with Gasteiger partial charge in [0.2, 0.25) is 0 Å². The highest BCUT2D eigenvalue weighted by Gasteiger charge is 2.56. The third-order valence-corrected chi connectivity index (χ3v) is 3.81. The van der Waals surface area contributed by atoms with Crippen molar-refractivity contribution in [3.8, 4) is 0 Å². The first-order valence-electron chi connectivity index (χ1n) is 5.41. The second-order valence-corrected chi connectivity index (χ2v) is 5.37. The third kappa shape index (κ3) is 1.78. The molecule has 3 heteroatoms. The molecule has 0 aromatic heterocycles. The molecule has 0 bridgehead atoms. The van der Waals surface area contributed by atoms with Crippen LogP contribution in [0.25, 0.3) is 0 Å². The van der Waals surface area contributed by atoms with Crippen molar-refractivity contribution in [2.75, 3.05) is 13.1 Å². The lowest BCUT2D eigenvalue weighted by molar-refractivity contribution is 0.291. The number of hydrogen-bond acceptors (Lipinski definition) is 2. The number of benzene rings is 1. The molecule has 15 heavy (non-hydrogen) atoms. The minimum Gasteiger partial charge on any atom is -0.324 e. The molecule has 1 heterocycles. The van der Waals surface area contributed by atoms with Crippen molar-refractivity contribution >= 4 is 11.6 Å². The summed E-state index contributed by atoms with van der Waals surface area (Å²) in [6.45, 7) is 3.18. The summed E-state index contributed by atoms with van der Waals surface area (Å²) in [6, 6.07) is 8.08. The number of rotatable bonds is 2. The van der Waals surface area contributed by atoms with Gasteiger partial charge in [0.05, 0.1) is 0 Å². The van der Waals surface area contributed by atoms with Gasteiger partial charge < -0.3 is 5.73 Å². The predicted molar refractivity (Wildman–Crippen MR) is 61.8 cm³/mol. The standard InChI is InChI=1S/C12H15ClN2/c13-11-3-1-2-9(4-11)6-15-7-10-5-12(10,14)8-15/h1-4,10H,5-8,14H2/t10-,12+/m0/s1. The Kier molecular flexibility index (Phi) is 2.06. The molecule has 2 nitrogen and oxygen atoms in total. The molecule has 2 atom stereocenters. The minimum atomic E-state index is 0.151. The quantitative estimate of drug-likeness (QED) is 0.828. The molecule has 80 valence electrons. The lowest BCUT2D eigenvalue weighted by Gasteiger charge is -2.18. The third-order valence-electron chi connectivity index (χ3n) is 3.57. The molecular formula is C12H15ClN2. The van der Waals surface area contributed by atoms with Gasteiger partial charge in [-0.15, -0.1) is 0 Å². The van der Waals surface area contributed by atoms with Gasteiger partial charge in [0.25, 0.3) is 0 Å². The van der Waals surface area contributed by atoms with Gasteiger partial charge in [-0.1, -0.05) is 23.7 Å². The van der Waals surface area contributed by atoms with Crippen LogP contribution in [0.15, 0.2) is 24.3 Å². The van der Waals surface area contributed by atoms with Gasteiger partial charge in [0.1, 0.15) is 0 Å². The van der Waals surface area contributed by atoms with Crippen molar-refractivity contribution in [1.29, 1.82) is 0 Å². The summed E-state index contributed by atoms with van der Waals surface area (Å²) in [5, 5.41) is 0.819. The highest BCUT2D eigenvalue weighted by Crippen LogP contribution is 2.47. The fourth-order valence-electron chi connectivity index (χ4n) is 2.65. The minimum absolute atomic E-state index is 0.151. The van der Waals surface area contributed by atoms with Crippen molar-refractivity contribution in [2.24, 2.45) is 11.7 Å². The van der Waals surface area contributed by atoms with Crippen LogP contribution < -0.4 is 5.73 Å². The molecule has 0 radical (unpaired) electrons. The van der Waals surface area contributed by atoms with Crippen molar-refractivity contribution in [3.63, 3.8) is 0 Å². The van der Waals surface area contributed by atoms with Gasteiger partial charge in [-0.3, -0.25) is 4.90 Å². The summed E-state index contributed by atoms with van der Waals surface area (Å²) >= 11 is 5.95. The first-order chi connectivity index (χ1) is 7.16. The van der Waals surface area contributed by atoms with Crippen LogP contribution in [0, 0.1) is 5.92 Å². The van der Waals surface area contributed by atoms with Gasteiger partial charge in [0.15, 0.2) is 0 Å². The number of nitrogens with two attached hydrogens (primary N) is 1. The number of fused-ring (bicyclic) bond motifs is 1. The number of nitrogens with zero attached hydrogens (tertiary/aromatic N) is 1. The van der Waals surface area contributed by atoms with Crippen LogP contribution in [0.5, 0.6) is 0 Å². The molecule has 2 aliphatic rings. The second-order valence-electron chi connectivity index (χ2n) is 4.93. The summed E-state index contributed by atoms with van der Waals surface area (Å²) in [4.78, 5) is 2.43. The smallest absolute Gasteiger partial charge is 0.0409 e. The highest BCUT2D eigenvalue weighted by atomic mass is 35.5. The van der Waals surface area contributed by atoms with E-state index in [1.54, 1.807) is 0 Å². The zero-order valence-corrected chi connectivity index (χ0v) is 9.37. The van der Waals surface area contributed by atoms with Crippen LogP contribution in [0.4, 0.5) is 0 Å². The lowest BCUT2D eigenvalue weighted by atomic mass is 10.2. The van der Waals surface area contributed by atoms with Gasteiger partial charge >= 0.3 is 0 Å². The van der Waals surface area contributed by atoms with Gasteiger partial charge in [0, 0.05) is 30.2 Å². The number of halogens is 1. The van der Waals surface area contributed by atoms with E-state index in [-0.39, 0.29) is 5.54 Å². The van der Waals surface area contributed by atoms with E-state index in [2.05, 4.69) is 11.0 Å². The summed E-state index contributed by atoms with van der Waals surface area (Å²) in [7, 11) is 0. The monoisotopic (exact) mass is 222 g/mol. The number of hydrogen-bond donors (Lipinski definition) is 1. The molecule has 1 aliphatic carbocycles. The van der Waals surface area contributed by atoms with E-state index in [1.165, 1.54) is 12.0 Å². The molecule has 1 aromatic carbocycles. The number of piperidine rings is 1.